The van der Waals surface area contributed by atoms with E-state index in [0.717, 1.165) is 12.2 Å². The van der Waals surface area contributed by atoms with Gasteiger partial charge >= 0.3 is 0 Å². The molecule has 1 fully saturated rings. The van der Waals surface area contributed by atoms with Gasteiger partial charge in [-0.2, -0.15) is 0 Å². The van der Waals surface area contributed by atoms with Crippen molar-refractivity contribution in [1.82, 2.24) is 10.2 Å². The largest absolute Gasteiger partial charge is 0.497 e. The van der Waals surface area contributed by atoms with Crippen LogP contribution in [0.4, 0.5) is 0 Å². The lowest BCUT2D eigenvalue weighted by Gasteiger charge is -2.17. The van der Waals surface area contributed by atoms with Crippen molar-refractivity contribution < 1.29 is 14.3 Å². The van der Waals surface area contributed by atoms with Gasteiger partial charge in [0, 0.05) is 19.5 Å². The van der Waals surface area contributed by atoms with Crippen LogP contribution in [0.25, 0.3) is 0 Å². The van der Waals surface area contributed by atoms with Crippen molar-refractivity contribution in [1.29, 1.82) is 0 Å². The average Bonchev–Trinajstić information content (AvgIpc) is 2.91. The Morgan fingerprint density at radius 3 is 2.71 bits per heavy atom. The van der Waals surface area contributed by atoms with Crippen LogP contribution in [0.5, 0.6) is 5.75 Å². The Morgan fingerprint density at radius 1 is 1.38 bits per heavy atom. The Balaban J connectivity index is 1.76. The minimum atomic E-state index is -0.0615. The second kappa shape index (κ2) is 8.97. The number of carbonyl (C=O) groups is 2. The van der Waals surface area contributed by atoms with E-state index in [9.17, 15) is 9.59 Å². The number of ether oxygens (including phenoxy) is 1. The maximum Gasteiger partial charge on any atom is 0.230 e. The van der Waals surface area contributed by atoms with Gasteiger partial charge in [-0.15, -0.1) is 11.8 Å². The Bertz CT molecular complexity index is 560. The predicted molar refractivity (Wildman–Crippen MR) is 97.4 cm³/mol. The summed E-state index contributed by atoms with van der Waals surface area (Å²) >= 11 is 1.61. The van der Waals surface area contributed by atoms with E-state index in [1.807, 2.05) is 29.2 Å². The number of likely N-dealkylation sites (tertiary alicyclic amines) is 1. The summed E-state index contributed by atoms with van der Waals surface area (Å²) in [5.41, 5.74) is 1.17. The first-order chi connectivity index (χ1) is 11.5. The van der Waals surface area contributed by atoms with Crippen molar-refractivity contribution in [3.8, 4) is 5.75 Å². The Kier molecular flexibility index (Phi) is 6.97. The molecule has 1 aliphatic heterocycles. The number of benzene rings is 1. The molecule has 132 valence electrons. The van der Waals surface area contributed by atoms with Crippen LogP contribution < -0.4 is 10.1 Å². The maximum atomic E-state index is 12.1. The summed E-state index contributed by atoms with van der Waals surface area (Å²) in [4.78, 5) is 25.8. The van der Waals surface area contributed by atoms with Gasteiger partial charge in [-0.3, -0.25) is 9.59 Å². The second-order valence-corrected chi connectivity index (χ2v) is 7.83. The van der Waals surface area contributed by atoms with Crippen molar-refractivity contribution in [3.63, 3.8) is 0 Å². The van der Waals surface area contributed by atoms with Crippen LogP contribution in [-0.2, 0) is 16.0 Å². The van der Waals surface area contributed by atoms with E-state index < -0.39 is 0 Å². The predicted octanol–water partition coefficient (Wildman–Crippen LogP) is 2.10. The highest BCUT2D eigenvalue weighted by Crippen LogP contribution is 2.15. The van der Waals surface area contributed by atoms with E-state index in [1.54, 1.807) is 18.9 Å². The number of carbonyl (C=O) groups excluding carboxylic acids is 2. The standard InChI is InChI=1S/C18H26N2O3S/c1-13(2)24-12-17(21)19-15-10-18(22)20(11-15)9-8-14-4-6-16(23-3)7-5-14/h4-7,13,15H,8-12H2,1-3H3,(H,19,21)/t15-/m1/s1. The molecule has 1 N–H and O–H groups in total. The summed E-state index contributed by atoms with van der Waals surface area (Å²) in [7, 11) is 1.64. The molecule has 5 nitrogen and oxygen atoms in total. The van der Waals surface area contributed by atoms with E-state index >= 15 is 0 Å². The fourth-order valence-corrected chi connectivity index (χ4v) is 3.22. The fraction of sp³-hybridized carbons (Fsp3) is 0.556. The second-order valence-electron chi connectivity index (χ2n) is 6.27. The van der Waals surface area contributed by atoms with Gasteiger partial charge in [0.15, 0.2) is 0 Å². The Hall–Kier alpha value is -1.69. The molecule has 2 amide bonds. The molecule has 0 radical (unpaired) electrons. The normalized spacial score (nSPS) is 17.4. The van der Waals surface area contributed by atoms with E-state index in [-0.39, 0.29) is 17.9 Å². The minimum Gasteiger partial charge on any atom is -0.497 e. The third kappa shape index (κ3) is 5.74. The van der Waals surface area contributed by atoms with Crippen LogP contribution >= 0.6 is 11.8 Å². The summed E-state index contributed by atoms with van der Waals surface area (Å²) in [6.45, 7) is 5.42. The van der Waals surface area contributed by atoms with Gasteiger partial charge in [-0.25, -0.2) is 0 Å². The highest BCUT2D eigenvalue weighted by molar-refractivity contribution is 8.00. The third-order valence-corrected chi connectivity index (χ3v) is 5.05. The van der Waals surface area contributed by atoms with Gasteiger partial charge in [-0.05, 0) is 29.4 Å². The summed E-state index contributed by atoms with van der Waals surface area (Å²) in [6, 6.07) is 7.82. The Labute approximate surface area is 148 Å². The number of rotatable bonds is 8. The number of nitrogens with one attached hydrogen (secondary N) is 1. The number of thioether (sulfide) groups is 1. The average molecular weight is 350 g/mol. The lowest BCUT2D eigenvalue weighted by molar-refractivity contribution is -0.127. The summed E-state index contributed by atoms with van der Waals surface area (Å²) in [5, 5.41) is 3.40. The van der Waals surface area contributed by atoms with Crippen molar-refractivity contribution in [2.75, 3.05) is 26.0 Å². The molecular formula is C18H26N2O3S. The zero-order chi connectivity index (χ0) is 17.5. The van der Waals surface area contributed by atoms with Gasteiger partial charge < -0.3 is 15.0 Å². The smallest absolute Gasteiger partial charge is 0.230 e. The molecule has 0 saturated carbocycles. The van der Waals surface area contributed by atoms with Crippen LogP contribution in [0.15, 0.2) is 24.3 Å². The van der Waals surface area contributed by atoms with Crippen molar-refractivity contribution in [2.45, 2.75) is 38.0 Å². The maximum absolute atomic E-state index is 12.1. The lowest BCUT2D eigenvalue weighted by Crippen LogP contribution is -2.38. The molecule has 1 aromatic rings. The topological polar surface area (TPSA) is 58.6 Å². The number of hydrogen-bond donors (Lipinski definition) is 1. The van der Waals surface area contributed by atoms with Gasteiger partial charge in [0.25, 0.3) is 0 Å². The molecule has 6 heteroatoms. The van der Waals surface area contributed by atoms with Crippen molar-refractivity contribution in [3.05, 3.63) is 29.8 Å². The van der Waals surface area contributed by atoms with Crippen LogP contribution in [-0.4, -0.2) is 54.0 Å². The first-order valence-corrected chi connectivity index (χ1v) is 9.34. The van der Waals surface area contributed by atoms with Gasteiger partial charge in [0.05, 0.1) is 18.9 Å². The van der Waals surface area contributed by atoms with Crippen LogP contribution in [0.2, 0.25) is 0 Å². The molecule has 1 aliphatic rings. The number of methoxy groups -OCH3 is 1. The molecule has 1 saturated heterocycles. The Morgan fingerprint density at radius 2 is 2.08 bits per heavy atom. The number of nitrogens with zero attached hydrogens (tertiary/aromatic N) is 1. The first-order valence-electron chi connectivity index (χ1n) is 8.29. The monoisotopic (exact) mass is 350 g/mol. The minimum absolute atomic E-state index is 0.0171. The highest BCUT2D eigenvalue weighted by atomic mass is 32.2. The van der Waals surface area contributed by atoms with E-state index in [2.05, 4.69) is 19.2 Å². The quantitative estimate of drug-likeness (QED) is 0.780. The molecule has 0 unspecified atom stereocenters. The molecule has 24 heavy (non-hydrogen) atoms. The molecule has 2 rings (SSSR count). The molecule has 1 heterocycles. The molecule has 1 aromatic carbocycles. The molecule has 0 spiro atoms. The van der Waals surface area contributed by atoms with Crippen molar-refractivity contribution >= 4 is 23.6 Å². The van der Waals surface area contributed by atoms with Crippen LogP contribution in [0.1, 0.15) is 25.8 Å². The number of hydrogen-bond acceptors (Lipinski definition) is 4. The summed E-state index contributed by atoms with van der Waals surface area (Å²) in [5.74, 6) is 1.42. The molecular weight excluding hydrogens is 324 g/mol. The lowest BCUT2D eigenvalue weighted by atomic mass is 10.1. The van der Waals surface area contributed by atoms with Crippen LogP contribution in [0.3, 0.4) is 0 Å². The molecule has 0 aliphatic carbocycles. The van der Waals surface area contributed by atoms with E-state index in [4.69, 9.17) is 4.74 Å². The summed E-state index contributed by atoms with van der Waals surface area (Å²) < 4.78 is 5.14. The first kappa shape index (κ1) is 18.6. The third-order valence-electron chi connectivity index (χ3n) is 3.96. The SMILES string of the molecule is COc1ccc(CCN2C[C@H](NC(=O)CSC(C)C)CC2=O)cc1. The van der Waals surface area contributed by atoms with Crippen LogP contribution in [0, 0.1) is 0 Å². The highest BCUT2D eigenvalue weighted by Gasteiger charge is 2.30. The van der Waals surface area contributed by atoms with Gasteiger partial charge in [0.1, 0.15) is 5.75 Å². The van der Waals surface area contributed by atoms with E-state index in [1.165, 1.54) is 5.56 Å². The van der Waals surface area contributed by atoms with Crippen molar-refractivity contribution in [2.24, 2.45) is 0 Å². The fourth-order valence-electron chi connectivity index (χ4n) is 2.65. The summed E-state index contributed by atoms with van der Waals surface area (Å²) in [6.07, 6.45) is 1.21. The number of amides is 2. The zero-order valence-corrected chi connectivity index (χ0v) is 15.4. The molecule has 0 aromatic heterocycles. The van der Waals surface area contributed by atoms with Gasteiger partial charge in [-0.1, -0.05) is 26.0 Å². The van der Waals surface area contributed by atoms with Gasteiger partial charge in [0.2, 0.25) is 11.8 Å². The van der Waals surface area contributed by atoms with E-state index in [0.29, 0.717) is 30.5 Å². The zero-order valence-electron chi connectivity index (χ0n) is 14.6. The molecule has 1 atom stereocenters. The molecule has 0 bridgehead atoms.